The Morgan fingerprint density at radius 1 is 1.34 bits per heavy atom. The quantitative estimate of drug-likeness (QED) is 0.709. The van der Waals surface area contributed by atoms with Crippen LogP contribution in [0, 0.1) is 12.7 Å². The minimum absolute atomic E-state index is 0.130. The summed E-state index contributed by atoms with van der Waals surface area (Å²) < 4.78 is 21.8. The molecule has 1 unspecified atom stereocenters. The highest BCUT2D eigenvalue weighted by Crippen LogP contribution is 2.26. The number of aryl methyl sites for hydroxylation is 1. The van der Waals surface area contributed by atoms with Crippen LogP contribution < -0.4 is 20.3 Å². The van der Waals surface area contributed by atoms with Gasteiger partial charge in [0.25, 0.3) is 5.91 Å². The number of methoxy groups -OCH3 is 1. The Morgan fingerprint density at radius 2 is 2.17 bits per heavy atom. The summed E-state index contributed by atoms with van der Waals surface area (Å²) in [4.78, 5) is 19.3. The van der Waals surface area contributed by atoms with Gasteiger partial charge in [-0.3, -0.25) is 4.79 Å². The van der Waals surface area contributed by atoms with Crippen molar-refractivity contribution in [2.24, 2.45) is 0 Å². The highest BCUT2D eigenvalue weighted by atomic mass is 19.1. The molecule has 0 spiro atoms. The Balaban J connectivity index is 1.57. The number of rotatable bonds is 4. The first-order valence-electron chi connectivity index (χ1n) is 9.57. The summed E-state index contributed by atoms with van der Waals surface area (Å²) in [6, 6.07) is 6.93. The van der Waals surface area contributed by atoms with Crippen molar-refractivity contribution in [3.63, 3.8) is 0 Å². The van der Waals surface area contributed by atoms with Crippen LogP contribution in [-0.4, -0.2) is 48.1 Å². The molecule has 1 aliphatic rings. The largest absolute Gasteiger partial charge is 0.496 e. The van der Waals surface area contributed by atoms with E-state index < -0.39 is 11.7 Å². The molecule has 1 aromatic carbocycles. The normalized spacial score (nSPS) is 16.8. The van der Waals surface area contributed by atoms with Crippen LogP contribution in [0.2, 0.25) is 0 Å². The molecule has 29 heavy (non-hydrogen) atoms. The molecule has 2 N–H and O–H groups in total. The molecule has 0 aliphatic carbocycles. The fourth-order valence-corrected chi connectivity index (χ4v) is 3.64. The van der Waals surface area contributed by atoms with E-state index in [1.54, 1.807) is 22.7 Å². The summed E-state index contributed by atoms with van der Waals surface area (Å²) in [5.74, 6) is -0.537. The molecule has 8 heteroatoms. The lowest BCUT2D eigenvalue weighted by atomic mass is 10.1. The van der Waals surface area contributed by atoms with E-state index in [0.29, 0.717) is 23.0 Å². The number of nitrogens with zero attached hydrogens (tertiary/aromatic N) is 3. The van der Waals surface area contributed by atoms with Crippen LogP contribution in [-0.2, 0) is 0 Å². The van der Waals surface area contributed by atoms with Gasteiger partial charge in [-0.15, -0.1) is 0 Å². The molecule has 0 saturated carbocycles. The number of carbonyl (C=O) groups excluding carboxylic acids is 1. The molecule has 0 bridgehead atoms. The molecular formula is C21H24FN5O2. The maximum Gasteiger partial charge on any atom is 0.261 e. The van der Waals surface area contributed by atoms with E-state index in [1.807, 2.05) is 19.2 Å². The fraction of sp³-hybridized carbons (Fsp3) is 0.333. The first kappa shape index (κ1) is 19.2. The zero-order valence-corrected chi connectivity index (χ0v) is 16.7. The van der Waals surface area contributed by atoms with Crippen LogP contribution in [0.4, 0.5) is 15.8 Å². The van der Waals surface area contributed by atoms with Gasteiger partial charge < -0.3 is 24.7 Å². The highest BCUT2D eigenvalue weighted by molar-refractivity contribution is 6.06. The van der Waals surface area contributed by atoms with E-state index in [2.05, 4.69) is 27.4 Å². The number of benzene rings is 1. The third-order valence-corrected chi connectivity index (χ3v) is 5.07. The van der Waals surface area contributed by atoms with Gasteiger partial charge in [0, 0.05) is 49.8 Å². The Labute approximate surface area is 168 Å². The van der Waals surface area contributed by atoms with Gasteiger partial charge in [0.1, 0.15) is 17.2 Å². The average Bonchev–Trinajstić information content (AvgIpc) is 3.07. The number of halogens is 1. The zero-order valence-electron chi connectivity index (χ0n) is 16.7. The van der Waals surface area contributed by atoms with Crippen molar-refractivity contribution in [2.75, 3.05) is 37.0 Å². The van der Waals surface area contributed by atoms with Crippen LogP contribution in [0.15, 0.2) is 36.7 Å². The van der Waals surface area contributed by atoms with Gasteiger partial charge >= 0.3 is 0 Å². The van der Waals surface area contributed by atoms with Crippen molar-refractivity contribution in [1.82, 2.24) is 14.7 Å². The molecule has 1 atom stereocenters. The van der Waals surface area contributed by atoms with Crippen LogP contribution in [0.3, 0.4) is 0 Å². The number of pyridine rings is 1. The summed E-state index contributed by atoms with van der Waals surface area (Å²) in [6.07, 6.45) is 3.45. The van der Waals surface area contributed by atoms with Crippen molar-refractivity contribution in [2.45, 2.75) is 19.9 Å². The number of hydrogen-bond donors (Lipinski definition) is 2. The van der Waals surface area contributed by atoms with Gasteiger partial charge in [0.05, 0.1) is 24.1 Å². The van der Waals surface area contributed by atoms with Crippen molar-refractivity contribution < 1.29 is 13.9 Å². The number of nitrogens with one attached hydrogen (secondary N) is 2. The Bertz CT molecular complexity index is 1060. The number of anilines is 2. The molecule has 1 amide bonds. The highest BCUT2D eigenvalue weighted by Gasteiger charge is 2.19. The molecule has 1 aliphatic heterocycles. The summed E-state index contributed by atoms with van der Waals surface area (Å²) in [5.41, 5.74) is 2.74. The number of carbonyl (C=O) groups is 1. The van der Waals surface area contributed by atoms with Gasteiger partial charge in [-0.05, 0) is 32.0 Å². The van der Waals surface area contributed by atoms with Crippen LogP contribution >= 0.6 is 0 Å². The summed E-state index contributed by atoms with van der Waals surface area (Å²) in [6.45, 7) is 6.46. The number of piperazine rings is 1. The third kappa shape index (κ3) is 3.88. The van der Waals surface area contributed by atoms with Crippen molar-refractivity contribution in [3.05, 3.63) is 53.7 Å². The molecule has 4 rings (SSSR count). The van der Waals surface area contributed by atoms with E-state index in [9.17, 15) is 9.18 Å². The van der Waals surface area contributed by atoms with Gasteiger partial charge in [-0.25, -0.2) is 9.37 Å². The van der Waals surface area contributed by atoms with Crippen molar-refractivity contribution in [1.29, 1.82) is 0 Å². The van der Waals surface area contributed by atoms with Crippen LogP contribution in [0.5, 0.6) is 5.75 Å². The minimum atomic E-state index is -0.472. The number of fused-ring (bicyclic) bond motifs is 1. The van der Waals surface area contributed by atoms with Crippen LogP contribution in [0.25, 0.3) is 5.65 Å². The topological polar surface area (TPSA) is 70.9 Å². The van der Waals surface area contributed by atoms with E-state index >= 15 is 0 Å². The van der Waals surface area contributed by atoms with Gasteiger partial charge in [-0.2, -0.15) is 0 Å². The molecule has 2 aromatic heterocycles. The minimum Gasteiger partial charge on any atom is -0.496 e. The molecule has 1 fully saturated rings. The summed E-state index contributed by atoms with van der Waals surface area (Å²) in [7, 11) is 1.49. The molecule has 0 radical (unpaired) electrons. The number of amides is 1. The second-order valence-electron chi connectivity index (χ2n) is 7.32. The number of imidazole rings is 1. The summed E-state index contributed by atoms with van der Waals surface area (Å²) >= 11 is 0. The first-order valence-corrected chi connectivity index (χ1v) is 9.57. The van der Waals surface area contributed by atoms with E-state index in [4.69, 9.17) is 4.74 Å². The second-order valence-corrected chi connectivity index (χ2v) is 7.32. The van der Waals surface area contributed by atoms with Gasteiger partial charge in [0.15, 0.2) is 0 Å². The molecular weight excluding hydrogens is 373 g/mol. The lowest BCUT2D eigenvalue weighted by Gasteiger charge is -2.33. The second kappa shape index (κ2) is 7.71. The monoisotopic (exact) mass is 397 g/mol. The number of hydrogen-bond acceptors (Lipinski definition) is 5. The van der Waals surface area contributed by atoms with Gasteiger partial charge in [0.2, 0.25) is 0 Å². The SMILES string of the molecule is COc1cc2nc(C)cn2cc1C(=O)Nc1ccc(N2CCNC(C)C2)cc1F. The zero-order chi connectivity index (χ0) is 20.5. The number of aromatic nitrogens is 2. The molecule has 7 nitrogen and oxygen atoms in total. The Morgan fingerprint density at radius 3 is 2.90 bits per heavy atom. The van der Waals surface area contributed by atoms with Crippen LogP contribution in [0.1, 0.15) is 23.0 Å². The predicted molar refractivity (Wildman–Crippen MR) is 111 cm³/mol. The standard InChI is InChI=1S/C21H24FN5O2/c1-13-10-26(7-6-23-13)15-4-5-18(17(22)8-15)25-21(28)16-12-27-11-14(2)24-20(27)9-19(16)29-3/h4-5,8-9,11-13,23H,6-7,10H2,1-3H3,(H,25,28). The number of ether oxygens (including phenoxy) is 1. The fourth-order valence-electron chi connectivity index (χ4n) is 3.64. The predicted octanol–water partition coefficient (Wildman–Crippen LogP) is 2.84. The summed E-state index contributed by atoms with van der Waals surface area (Å²) in [5, 5.41) is 6.02. The Kier molecular flexibility index (Phi) is 5.10. The lowest BCUT2D eigenvalue weighted by Crippen LogP contribution is -2.49. The average molecular weight is 397 g/mol. The van der Waals surface area contributed by atoms with Crippen molar-refractivity contribution in [3.8, 4) is 5.75 Å². The van der Waals surface area contributed by atoms with E-state index in [-0.39, 0.29) is 5.69 Å². The van der Waals surface area contributed by atoms with E-state index in [1.165, 1.54) is 13.2 Å². The molecule has 3 aromatic rings. The van der Waals surface area contributed by atoms with Gasteiger partial charge in [-0.1, -0.05) is 0 Å². The molecule has 1 saturated heterocycles. The molecule has 3 heterocycles. The molecule has 152 valence electrons. The third-order valence-electron chi connectivity index (χ3n) is 5.07. The van der Waals surface area contributed by atoms with E-state index in [0.717, 1.165) is 31.0 Å². The lowest BCUT2D eigenvalue weighted by molar-refractivity contribution is 0.102. The smallest absolute Gasteiger partial charge is 0.261 e. The Hall–Kier alpha value is -3.13. The first-order chi connectivity index (χ1) is 13.9. The van der Waals surface area contributed by atoms with Crippen molar-refractivity contribution >= 4 is 22.9 Å². The maximum absolute atomic E-state index is 14.7. The maximum atomic E-state index is 14.7.